The number of aromatic nitrogens is 1. The van der Waals surface area contributed by atoms with E-state index < -0.39 is 0 Å². The van der Waals surface area contributed by atoms with Gasteiger partial charge in [0.05, 0.1) is 19.1 Å². The highest BCUT2D eigenvalue weighted by atomic mass is 79.9. The lowest BCUT2D eigenvalue weighted by Gasteiger charge is -2.17. The van der Waals surface area contributed by atoms with E-state index in [2.05, 4.69) is 66.5 Å². The van der Waals surface area contributed by atoms with Crippen LogP contribution in [0.15, 0.2) is 50.2 Å². The number of pyridine rings is 1. The van der Waals surface area contributed by atoms with Crippen molar-refractivity contribution in [3.05, 3.63) is 61.3 Å². The van der Waals surface area contributed by atoms with Crippen LogP contribution >= 0.6 is 43.2 Å². The van der Waals surface area contributed by atoms with Crippen LogP contribution in [0.3, 0.4) is 0 Å². The Kier molecular flexibility index (Phi) is 4.18. The standard InChI is InChI=1S/C14H11Br2N3S/c15-11-7-10(14(16)20-11)13(19-17)9-5-1-3-8-4-2-6-18-12(8)9/h1-7,13,19H,17H2. The van der Waals surface area contributed by atoms with Crippen LogP contribution in [-0.4, -0.2) is 4.98 Å². The van der Waals surface area contributed by atoms with Crippen molar-refractivity contribution in [2.45, 2.75) is 6.04 Å². The summed E-state index contributed by atoms with van der Waals surface area (Å²) in [4.78, 5) is 4.49. The minimum atomic E-state index is -0.106. The summed E-state index contributed by atoms with van der Waals surface area (Å²) in [6.07, 6.45) is 1.80. The molecule has 3 N–H and O–H groups in total. The first-order valence-corrected chi connectivity index (χ1v) is 8.35. The third-order valence-corrected chi connectivity index (χ3v) is 5.52. The SMILES string of the molecule is NNC(c1cc(Br)sc1Br)c1cccc2cccnc12. The Morgan fingerprint density at radius 3 is 2.65 bits per heavy atom. The van der Waals surface area contributed by atoms with Crippen molar-refractivity contribution >= 4 is 54.1 Å². The summed E-state index contributed by atoms with van der Waals surface area (Å²) in [5.74, 6) is 5.80. The topological polar surface area (TPSA) is 50.9 Å². The third-order valence-electron chi connectivity index (χ3n) is 3.14. The Hall–Kier alpha value is -0.790. The van der Waals surface area contributed by atoms with Crippen LogP contribution in [0.25, 0.3) is 10.9 Å². The summed E-state index contributed by atoms with van der Waals surface area (Å²) in [6.45, 7) is 0. The number of thiophene rings is 1. The number of hydrogen-bond acceptors (Lipinski definition) is 4. The summed E-state index contributed by atoms with van der Waals surface area (Å²) in [6, 6.07) is 12.1. The molecule has 0 aliphatic rings. The van der Waals surface area contributed by atoms with Crippen LogP contribution in [0.2, 0.25) is 0 Å². The minimum absolute atomic E-state index is 0.106. The molecule has 0 fully saturated rings. The Balaban J connectivity index is 2.19. The van der Waals surface area contributed by atoms with Gasteiger partial charge in [-0.25, -0.2) is 5.43 Å². The van der Waals surface area contributed by atoms with E-state index in [9.17, 15) is 0 Å². The molecule has 0 saturated heterocycles. The molecule has 6 heteroatoms. The molecule has 0 spiro atoms. The highest BCUT2D eigenvalue weighted by Crippen LogP contribution is 2.38. The van der Waals surface area contributed by atoms with E-state index in [4.69, 9.17) is 5.84 Å². The highest BCUT2D eigenvalue weighted by Gasteiger charge is 2.20. The molecule has 0 amide bonds. The molecule has 102 valence electrons. The van der Waals surface area contributed by atoms with Crippen molar-refractivity contribution in [1.82, 2.24) is 10.4 Å². The van der Waals surface area contributed by atoms with Gasteiger partial charge in [-0.1, -0.05) is 24.3 Å². The van der Waals surface area contributed by atoms with Crippen molar-refractivity contribution in [3.63, 3.8) is 0 Å². The smallest absolute Gasteiger partial charge is 0.0762 e. The number of para-hydroxylation sites is 1. The monoisotopic (exact) mass is 411 g/mol. The van der Waals surface area contributed by atoms with Crippen LogP contribution in [-0.2, 0) is 0 Å². The average molecular weight is 413 g/mol. The minimum Gasteiger partial charge on any atom is -0.271 e. The van der Waals surface area contributed by atoms with Gasteiger partial charge in [0.25, 0.3) is 0 Å². The summed E-state index contributed by atoms with van der Waals surface area (Å²) in [7, 11) is 0. The number of halogens is 2. The van der Waals surface area contributed by atoms with E-state index in [0.717, 1.165) is 29.6 Å². The molecule has 1 aromatic carbocycles. The Labute approximate surface area is 137 Å². The highest BCUT2D eigenvalue weighted by molar-refractivity contribution is 9.12. The molecule has 3 aromatic rings. The molecule has 0 bridgehead atoms. The van der Waals surface area contributed by atoms with Gasteiger partial charge in [-0.15, -0.1) is 11.3 Å². The van der Waals surface area contributed by atoms with Gasteiger partial charge < -0.3 is 0 Å². The fourth-order valence-electron chi connectivity index (χ4n) is 2.26. The second-order valence-electron chi connectivity index (χ2n) is 4.30. The number of hydrazine groups is 1. The van der Waals surface area contributed by atoms with E-state index in [1.807, 2.05) is 12.1 Å². The maximum atomic E-state index is 5.80. The van der Waals surface area contributed by atoms with Gasteiger partial charge in [0, 0.05) is 22.7 Å². The van der Waals surface area contributed by atoms with E-state index in [1.54, 1.807) is 17.5 Å². The largest absolute Gasteiger partial charge is 0.271 e. The van der Waals surface area contributed by atoms with Gasteiger partial charge in [-0.2, -0.15) is 0 Å². The maximum Gasteiger partial charge on any atom is 0.0762 e. The first kappa shape index (κ1) is 14.2. The van der Waals surface area contributed by atoms with Crippen molar-refractivity contribution in [1.29, 1.82) is 0 Å². The normalized spacial score (nSPS) is 12.8. The quantitative estimate of drug-likeness (QED) is 0.495. The zero-order chi connectivity index (χ0) is 14.1. The first-order valence-electron chi connectivity index (χ1n) is 5.95. The maximum absolute atomic E-state index is 5.80. The Morgan fingerprint density at radius 1 is 1.15 bits per heavy atom. The molecule has 0 saturated carbocycles. The molecule has 20 heavy (non-hydrogen) atoms. The summed E-state index contributed by atoms with van der Waals surface area (Å²) in [5, 5.41) is 1.11. The van der Waals surface area contributed by atoms with Crippen molar-refractivity contribution in [2.75, 3.05) is 0 Å². The fourth-order valence-corrected chi connectivity index (χ4v) is 5.16. The van der Waals surface area contributed by atoms with Crippen LogP contribution in [0.1, 0.15) is 17.2 Å². The number of nitrogens with one attached hydrogen (secondary N) is 1. The van der Waals surface area contributed by atoms with Gasteiger partial charge in [0.15, 0.2) is 0 Å². The summed E-state index contributed by atoms with van der Waals surface area (Å²) >= 11 is 8.73. The Morgan fingerprint density at radius 2 is 1.95 bits per heavy atom. The zero-order valence-electron chi connectivity index (χ0n) is 10.3. The predicted molar refractivity (Wildman–Crippen MR) is 90.6 cm³/mol. The lowest BCUT2D eigenvalue weighted by Crippen LogP contribution is -2.29. The summed E-state index contributed by atoms with van der Waals surface area (Å²) in [5.41, 5.74) is 6.03. The predicted octanol–water partition coefficient (Wildman–Crippen LogP) is 4.37. The van der Waals surface area contributed by atoms with Gasteiger partial charge in [-0.3, -0.25) is 10.8 Å². The molecule has 2 heterocycles. The van der Waals surface area contributed by atoms with Gasteiger partial charge in [0.2, 0.25) is 0 Å². The number of rotatable bonds is 3. The van der Waals surface area contributed by atoms with E-state index in [-0.39, 0.29) is 6.04 Å². The molecule has 0 radical (unpaired) electrons. The molecule has 2 aromatic heterocycles. The number of nitrogens with two attached hydrogens (primary N) is 1. The average Bonchev–Trinajstić information content (AvgIpc) is 2.79. The second-order valence-corrected chi connectivity index (χ2v) is 8.05. The number of fused-ring (bicyclic) bond motifs is 1. The fraction of sp³-hybridized carbons (Fsp3) is 0.0714. The molecule has 3 rings (SSSR count). The van der Waals surface area contributed by atoms with Crippen LogP contribution in [0.5, 0.6) is 0 Å². The number of hydrogen-bond donors (Lipinski definition) is 2. The summed E-state index contributed by atoms with van der Waals surface area (Å²) < 4.78 is 2.12. The molecule has 0 aliphatic heterocycles. The van der Waals surface area contributed by atoms with E-state index in [1.165, 1.54) is 0 Å². The van der Waals surface area contributed by atoms with Crippen LogP contribution in [0, 0.1) is 0 Å². The lowest BCUT2D eigenvalue weighted by atomic mass is 9.99. The first-order chi connectivity index (χ1) is 9.70. The van der Waals surface area contributed by atoms with Crippen LogP contribution in [0.4, 0.5) is 0 Å². The Bertz CT molecular complexity index is 752. The van der Waals surface area contributed by atoms with E-state index in [0.29, 0.717) is 0 Å². The molecular formula is C14H11Br2N3S. The third kappa shape index (κ3) is 2.54. The van der Waals surface area contributed by atoms with Gasteiger partial charge >= 0.3 is 0 Å². The second kappa shape index (κ2) is 5.91. The molecular weight excluding hydrogens is 402 g/mol. The van der Waals surface area contributed by atoms with Gasteiger partial charge in [0.1, 0.15) is 0 Å². The van der Waals surface area contributed by atoms with Crippen molar-refractivity contribution in [2.24, 2.45) is 5.84 Å². The molecule has 1 unspecified atom stereocenters. The van der Waals surface area contributed by atoms with Crippen molar-refractivity contribution in [3.8, 4) is 0 Å². The van der Waals surface area contributed by atoms with Gasteiger partial charge in [-0.05, 0) is 44.0 Å². The number of benzene rings is 1. The molecule has 0 aliphatic carbocycles. The zero-order valence-corrected chi connectivity index (χ0v) is 14.3. The van der Waals surface area contributed by atoms with E-state index >= 15 is 0 Å². The lowest BCUT2D eigenvalue weighted by molar-refractivity contribution is 0.640. The van der Waals surface area contributed by atoms with Crippen molar-refractivity contribution < 1.29 is 0 Å². The molecule has 1 atom stereocenters. The van der Waals surface area contributed by atoms with Crippen LogP contribution < -0.4 is 11.3 Å². The number of nitrogens with zero attached hydrogens (tertiary/aromatic N) is 1. The molecule has 3 nitrogen and oxygen atoms in total.